The van der Waals surface area contributed by atoms with E-state index in [0.717, 1.165) is 6.42 Å². The molecule has 53 valence electrons. The molecule has 0 radical (unpaired) electrons. The van der Waals surface area contributed by atoms with Gasteiger partial charge in [-0.25, -0.2) is 0 Å². The minimum atomic E-state index is 1.11. The van der Waals surface area contributed by atoms with Crippen molar-refractivity contribution in [2.45, 2.75) is 39.0 Å². The molecule has 0 bridgehead atoms. The van der Waals surface area contributed by atoms with Gasteiger partial charge < -0.3 is 0 Å². The Bertz CT molecular complexity index is 50.3. The molecule has 0 N–H and O–H groups in total. The van der Waals surface area contributed by atoms with Crippen molar-refractivity contribution < 1.29 is 15.6 Å². The van der Waals surface area contributed by atoms with Crippen LogP contribution in [0.5, 0.6) is 0 Å². The van der Waals surface area contributed by atoms with Crippen LogP contribution in [0.25, 0.3) is 0 Å². The van der Waals surface area contributed by atoms with Gasteiger partial charge in [-0.3, -0.25) is 0 Å². The van der Waals surface area contributed by atoms with Gasteiger partial charge in [0.2, 0.25) is 0 Å². The van der Waals surface area contributed by atoms with E-state index in [2.05, 4.69) is 6.92 Å². The van der Waals surface area contributed by atoms with E-state index < -0.39 is 0 Å². The van der Waals surface area contributed by atoms with Gasteiger partial charge in [0, 0.05) is 0 Å². The van der Waals surface area contributed by atoms with E-state index in [9.17, 15) is 0 Å². The molecule has 0 saturated carbocycles. The molecule has 0 heterocycles. The zero-order chi connectivity index (χ0) is 6.24. The summed E-state index contributed by atoms with van der Waals surface area (Å²) >= 11 is 4.80. The first-order chi connectivity index (χ1) is 3.91. The molecule has 0 rings (SSSR count). The summed E-state index contributed by atoms with van der Waals surface area (Å²) in [6.45, 7) is 2.22. The topological polar surface area (TPSA) is 0 Å². The molecular weight excluding hydrogens is 148 g/mol. The van der Waals surface area contributed by atoms with Crippen LogP contribution in [0.4, 0.5) is 0 Å². The van der Waals surface area contributed by atoms with Crippen LogP contribution in [0.3, 0.4) is 0 Å². The van der Waals surface area contributed by atoms with Gasteiger partial charge in [-0.2, -0.15) is 0 Å². The summed E-state index contributed by atoms with van der Waals surface area (Å²) in [5.41, 5.74) is 0. The second-order valence-electron chi connectivity index (χ2n) is 1.97. The second-order valence-corrected chi connectivity index (χ2v) is 2.36. The Balaban J connectivity index is 2.62. The summed E-state index contributed by atoms with van der Waals surface area (Å²) < 4.78 is 0. The van der Waals surface area contributed by atoms with Gasteiger partial charge in [0.1, 0.15) is 0 Å². The van der Waals surface area contributed by atoms with E-state index in [4.69, 9.17) is 15.6 Å². The van der Waals surface area contributed by atoms with Gasteiger partial charge in [-0.15, -0.1) is 0 Å². The average Bonchev–Trinajstić information content (AvgIpc) is 1.81. The number of hydrogen-bond acceptors (Lipinski definition) is 0. The Hall–Kier alpha value is 0.389. The van der Waals surface area contributed by atoms with Crippen molar-refractivity contribution in [1.82, 2.24) is 0 Å². The number of hydrogen-bond donors (Lipinski definition) is 0. The van der Waals surface area contributed by atoms with Crippen LogP contribution in [-0.2, 0) is 15.6 Å². The monoisotopic (exact) mass is 161 g/mol. The first-order valence-electron chi connectivity index (χ1n) is 3.29. The zero-order valence-corrected chi connectivity index (χ0v) is 6.36. The van der Waals surface area contributed by atoms with E-state index in [0.29, 0.717) is 0 Å². The van der Waals surface area contributed by atoms with Crippen LogP contribution in [0, 0.1) is 0 Å². The van der Waals surface area contributed by atoms with E-state index in [1.807, 2.05) is 4.92 Å². The standard InChI is InChI=1S/C7H14.Cu/c1-3-5-7-6-4-2;/h1H,3-7H2,2H3;. The van der Waals surface area contributed by atoms with Crippen molar-refractivity contribution in [3.05, 3.63) is 0 Å². The summed E-state index contributed by atoms with van der Waals surface area (Å²) in [7, 11) is 0. The van der Waals surface area contributed by atoms with Gasteiger partial charge in [0.05, 0.1) is 0 Å². The molecule has 0 unspecified atom stereocenters. The predicted octanol–water partition coefficient (Wildman–Crippen LogP) is 2.31. The third-order valence-corrected chi connectivity index (χ3v) is 1.42. The van der Waals surface area contributed by atoms with Gasteiger partial charge in [0.15, 0.2) is 0 Å². The predicted molar refractivity (Wildman–Crippen MR) is 34.8 cm³/mol. The van der Waals surface area contributed by atoms with Gasteiger partial charge in [-0.05, 0) is 0 Å². The molecule has 0 aliphatic carbocycles. The molecule has 0 aliphatic rings. The van der Waals surface area contributed by atoms with Crippen molar-refractivity contribution >= 4 is 4.92 Å². The Morgan fingerprint density at radius 2 is 2.00 bits per heavy atom. The third kappa shape index (κ3) is 6.39. The van der Waals surface area contributed by atoms with Gasteiger partial charge in [-0.1, -0.05) is 0 Å². The Morgan fingerprint density at radius 1 is 1.25 bits per heavy atom. The molecule has 0 aliphatic heterocycles. The molecule has 0 aromatic carbocycles. The summed E-state index contributed by atoms with van der Waals surface area (Å²) in [5, 5.41) is 0. The fourth-order valence-electron chi connectivity index (χ4n) is 0.633. The van der Waals surface area contributed by atoms with E-state index in [1.54, 1.807) is 0 Å². The van der Waals surface area contributed by atoms with Crippen LogP contribution in [0.2, 0.25) is 0 Å². The SMILES string of the molecule is CCCCCC[CH]=[Cu]. The molecule has 0 aromatic rings. The van der Waals surface area contributed by atoms with Crippen molar-refractivity contribution in [1.29, 1.82) is 0 Å². The van der Waals surface area contributed by atoms with Crippen LogP contribution in [0.1, 0.15) is 39.0 Å². The molecule has 0 atom stereocenters. The molecule has 1 heteroatoms. The fourth-order valence-corrected chi connectivity index (χ4v) is 0.825. The first kappa shape index (κ1) is 8.39. The molecule has 0 spiro atoms. The van der Waals surface area contributed by atoms with Crippen molar-refractivity contribution in [2.75, 3.05) is 0 Å². The number of rotatable bonds is 5. The summed E-state index contributed by atoms with van der Waals surface area (Å²) in [5.74, 6) is 0. The molecule has 0 nitrogen and oxygen atoms in total. The van der Waals surface area contributed by atoms with Crippen molar-refractivity contribution in [3.8, 4) is 0 Å². The van der Waals surface area contributed by atoms with Crippen LogP contribution in [-0.4, -0.2) is 4.92 Å². The van der Waals surface area contributed by atoms with E-state index in [1.165, 1.54) is 25.7 Å². The molecular formula is C7H14Cu. The molecule has 8 heavy (non-hydrogen) atoms. The Morgan fingerprint density at radius 3 is 2.50 bits per heavy atom. The summed E-state index contributed by atoms with van der Waals surface area (Å²) in [6, 6.07) is 0. The van der Waals surface area contributed by atoms with E-state index >= 15 is 0 Å². The van der Waals surface area contributed by atoms with Crippen LogP contribution < -0.4 is 0 Å². The molecule has 0 amide bonds. The second kappa shape index (κ2) is 7.39. The van der Waals surface area contributed by atoms with Gasteiger partial charge in [0.25, 0.3) is 0 Å². The molecule has 0 fully saturated rings. The average molecular weight is 162 g/mol. The molecule has 0 saturated heterocycles. The third-order valence-electron chi connectivity index (χ3n) is 1.14. The van der Waals surface area contributed by atoms with Crippen molar-refractivity contribution in [2.24, 2.45) is 0 Å². The van der Waals surface area contributed by atoms with Crippen LogP contribution >= 0.6 is 0 Å². The maximum absolute atomic E-state index is 4.80. The molecule has 0 aromatic heterocycles. The minimum absolute atomic E-state index is 1.11. The van der Waals surface area contributed by atoms with E-state index in [-0.39, 0.29) is 0 Å². The van der Waals surface area contributed by atoms with Crippen molar-refractivity contribution in [3.63, 3.8) is 0 Å². The normalized spacial score (nSPS) is 9.38. The summed E-state index contributed by atoms with van der Waals surface area (Å²) in [6.07, 6.45) is 6.42. The first-order valence-corrected chi connectivity index (χ1v) is 3.83. The Kier molecular flexibility index (Phi) is 7.75. The fraction of sp³-hybridized carbons (Fsp3) is 0.857. The zero-order valence-electron chi connectivity index (χ0n) is 5.41. The maximum atomic E-state index is 4.80. The quantitative estimate of drug-likeness (QED) is 0.429. The van der Waals surface area contributed by atoms with Gasteiger partial charge >= 0.3 is 59.5 Å². The summed E-state index contributed by atoms with van der Waals surface area (Å²) in [4.78, 5) is 1.81. The Labute approximate surface area is 60.0 Å². The number of unbranched alkanes of at least 4 members (excludes halogenated alkanes) is 4. The van der Waals surface area contributed by atoms with Crippen LogP contribution in [0.15, 0.2) is 0 Å².